The second kappa shape index (κ2) is 7.58. The van der Waals surface area contributed by atoms with Gasteiger partial charge in [-0.1, -0.05) is 44.2 Å². The van der Waals surface area contributed by atoms with Gasteiger partial charge in [0.2, 0.25) is 0 Å². The lowest BCUT2D eigenvalue weighted by molar-refractivity contribution is 0.130. The standard InChI is InChI=1S/C19H21N3O2S/c1-3-16-12(2)17(15-9-14(10-20)25-18(15)21-16)22-19(23)24-11-13-7-5-4-6-8-13/h4-9,12,16-17,21H,3,11H2,1-2H3,(H,22,23)/t12-,16?,17+/m0/s1. The monoisotopic (exact) mass is 355 g/mol. The molecular formula is C19H21N3O2S. The number of hydrogen-bond acceptors (Lipinski definition) is 5. The minimum absolute atomic E-state index is 0.164. The molecule has 1 aromatic heterocycles. The minimum Gasteiger partial charge on any atom is -0.445 e. The Morgan fingerprint density at radius 2 is 2.16 bits per heavy atom. The number of fused-ring (bicyclic) bond motifs is 1. The zero-order chi connectivity index (χ0) is 17.8. The number of thiophene rings is 1. The lowest BCUT2D eigenvalue weighted by Crippen LogP contribution is -2.43. The van der Waals surface area contributed by atoms with Crippen LogP contribution in [0.2, 0.25) is 0 Å². The van der Waals surface area contributed by atoms with E-state index in [0.29, 0.717) is 4.88 Å². The molecule has 0 aliphatic carbocycles. The molecule has 130 valence electrons. The number of carbonyl (C=O) groups excluding carboxylic acids is 1. The van der Waals surface area contributed by atoms with Crippen LogP contribution in [-0.2, 0) is 11.3 Å². The molecule has 2 heterocycles. The van der Waals surface area contributed by atoms with Crippen LogP contribution in [0.5, 0.6) is 0 Å². The lowest BCUT2D eigenvalue weighted by Gasteiger charge is -2.37. The highest BCUT2D eigenvalue weighted by molar-refractivity contribution is 7.16. The summed E-state index contributed by atoms with van der Waals surface area (Å²) in [6.07, 6.45) is 0.505. The summed E-state index contributed by atoms with van der Waals surface area (Å²) in [4.78, 5) is 12.9. The van der Waals surface area contributed by atoms with Gasteiger partial charge in [-0.25, -0.2) is 4.79 Å². The first kappa shape index (κ1) is 17.3. The molecule has 5 nitrogen and oxygen atoms in total. The summed E-state index contributed by atoms with van der Waals surface area (Å²) in [5, 5.41) is 16.6. The maximum Gasteiger partial charge on any atom is 0.407 e. The van der Waals surface area contributed by atoms with Crippen LogP contribution in [0.1, 0.15) is 42.3 Å². The molecule has 0 fully saturated rings. The number of ether oxygens (including phenoxy) is 1. The summed E-state index contributed by atoms with van der Waals surface area (Å²) in [6.45, 7) is 4.46. The highest BCUT2D eigenvalue weighted by Crippen LogP contribution is 2.42. The molecule has 2 aromatic rings. The van der Waals surface area contributed by atoms with E-state index >= 15 is 0 Å². The fourth-order valence-electron chi connectivity index (χ4n) is 3.19. The summed E-state index contributed by atoms with van der Waals surface area (Å²) in [6, 6.07) is 13.7. The van der Waals surface area contributed by atoms with Crippen LogP contribution >= 0.6 is 11.3 Å². The Balaban J connectivity index is 1.72. The smallest absolute Gasteiger partial charge is 0.407 e. The van der Waals surface area contributed by atoms with Gasteiger partial charge in [-0.15, -0.1) is 11.3 Å². The second-order valence-corrected chi connectivity index (χ2v) is 7.26. The van der Waals surface area contributed by atoms with Crippen LogP contribution in [-0.4, -0.2) is 12.1 Å². The van der Waals surface area contributed by atoms with Crippen LogP contribution in [0.25, 0.3) is 0 Å². The zero-order valence-corrected chi connectivity index (χ0v) is 15.1. The van der Waals surface area contributed by atoms with E-state index in [1.165, 1.54) is 11.3 Å². The third kappa shape index (κ3) is 3.77. The Morgan fingerprint density at radius 1 is 1.40 bits per heavy atom. The highest BCUT2D eigenvalue weighted by Gasteiger charge is 2.35. The number of alkyl carbamates (subject to hydrolysis) is 1. The summed E-state index contributed by atoms with van der Waals surface area (Å²) >= 11 is 1.43. The van der Waals surface area contributed by atoms with Crippen LogP contribution in [0, 0.1) is 17.2 Å². The molecule has 0 saturated carbocycles. The molecule has 1 aliphatic rings. The molecule has 1 aromatic carbocycles. The number of rotatable bonds is 4. The normalized spacial score (nSPS) is 21.6. The van der Waals surface area contributed by atoms with Crippen LogP contribution in [0.15, 0.2) is 36.4 Å². The minimum atomic E-state index is -0.437. The lowest BCUT2D eigenvalue weighted by atomic mass is 9.85. The molecule has 3 rings (SSSR count). The average molecular weight is 355 g/mol. The molecule has 1 amide bonds. The largest absolute Gasteiger partial charge is 0.445 e. The zero-order valence-electron chi connectivity index (χ0n) is 14.3. The molecule has 0 radical (unpaired) electrons. The van der Waals surface area contributed by atoms with E-state index in [1.807, 2.05) is 36.4 Å². The molecule has 0 bridgehead atoms. The van der Waals surface area contributed by atoms with Crippen molar-refractivity contribution in [1.29, 1.82) is 5.26 Å². The highest BCUT2D eigenvalue weighted by atomic mass is 32.1. The SMILES string of the molecule is CCC1Nc2sc(C#N)cc2[C@H](NC(=O)OCc2ccccc2)[C@H]1C. The number of nitrogens with one attached hydrogen (secondary N) is 2. The number of carbonyl (C=O) groups is 1. The Kier molecular flexibility index (Phi) is 5.25. The first-order chi connectivity index (χ1) is 12.1. The quantitative estimate of drug-likeness (QED) is 0.851. The van der Waals surface area contributed by atoms with Gasteiger partial charge in [-0.3, -0.25) is 0 Å². The van der Waals surface area contributed by atoms with E-state index < -0.39 is 6.09 Å². The number of nitriles is 1. The molecule has 3 atom stereocenters. The van der Waals surface area contributed by atoms with Crippen LogP contribution in [0.4, 0.5) is 9.80 Å². The molecule has 0 spiro atoms. The van der Waals surface area contributed by atoms with Crippen molar-refractivity contribution in [3.05, 3.63) is 52.4 Å². The number of amides is 1. The van der Waals surface area contributed by atoms with E-state index in [4.69, 9.17) is 4.74 Å². The molecule has 6 heteroatoms. The van der Waals surface area contributed by atoms with Crippen LogP contribution < -0.4 is 10.6 Å². The number of hydrogen-bond donors (Lipinski definition) is 2. The van der Waals surface area contributed by atoms with Gasteiger partial charge < -0.3 is 15.4 Å². The van der Waals surface area contributed by atoms with E-state index in [9.17, 15) is 10.1 Å². The summed E-state index contributed by atoms with van der Waals surface area (Å²) in [5.74, 6) is 0.197. The molecule has 25 heavy (non-hydrogen) atoms. The Labute approximate surface area is 151 Å². The van der Waals surface area contributed by atoms with Gasteiger partial charge in [0.1, 0.15) is 17.6 Å². The van der Waals surface area contributed by atoms with Crippen molar-refractivity contribution in [1.82, 2.24) is 5.32 Å². The van der Waals surface area contributed by atoms with Crippen molar-refractivity contribution in [3.8, 4) is 6.07 Å². The van der Waals surface area contributed by atoms with E-state index in [2.05, 4.69) is 30.6 Å². The van der Waals surface area contributed by atoms with Gasteiger partial charge in [0.25, 0.3) is 0 Å². The molecule has 1 aliphatic heterocycles. The van der Waals surface area contributed by atoms with Crippen molar-refractivity contribution in [2.45, 2.75) is 39.0 Å². The maximum absolute atomic E-state index is 12.3. The van der Waals surface area contributed by atoms with Gasteiger partial charge in [0.15, 0.2) is 0 Å². The van der Waals surface area contributed by atoms with Crippen molar-refractivity contribution in [3.63, 3.8) is 0 Å². The number of nitrogens with zero attached hydrogens (tertiary/aromatic N) is 1. The fourth-order valence-corrected chi connectivity index (χ4v) is 4.16. The van der Waals surface area contributed by atoms with Gasteiger partial charge >= 0.3 is 6.09 Å². The number of benzene rings is 1. The molecule has 2 N–H and O–H groups in total. The van der Waals surface area contributed by atoms with Crippen molar-refractivity contribution in [2.24, 2.45) is 5.92 Å². The van der Waals surface area contributed by atoms with Gasteiger partial charge in [0, 0.05) is 17.5 Å². The van der Waals surface area contributed by atoms with Crippen molar-refractivity contribution in [2.75, 3.05) is 5.32 Å². The predicted molar refractivity (Wildman–Crippen MR) is 98.4 cm³/mol. The summed E-state index contributed by atoms with van der Waals surface area (Å²) < 4.78 is 5.36. The molecular weight excluding hydrogens is 334 g/mol. The number of anilines is 1. The predicted octanol–water partition coefficient (Wildman–Crippen LogP) is 4.43. The average Bonchev–Trinajstić information content (AvgIpc) is 3.06. The van der Waals surface area contributed by atoms with Crippen molar-refractivity contribution < 1.29 is 9.53 Å². The fraction of sp³-hybridized carbons (Fsp3) is 0.368. The third-order valence-corrected chi connectivity index (χ3v) is 5.60. The maximum atomic E-state index is 12.3. The van der Waals surface area contributed by atoms with E-state index in [0.717, 1.165) is 22.5 Å². The van der Waals surface area contributed by atoms with E-state index in [-0.39, 0.29) is 24.6 Å². The Morgan fingerprint density at radius 3 is 2.84 bits per heavy atom. The first-order valence-corrected chi connectivity index (χ1v) is 9.21. The van der Waals surface area contributed by atoms with Gasteiger partial charge in [0.05, 0.1) is 11.0 Å². The molecule has 0 saturated heterocycles. The summed E-state index contributed by atoms with van der Waals surface area (Å²) in [7, 11) is 0. The van der Waals surface area contributed by atoms with Gasteiger partial charge in [-0.2, -0.15) is 5.26 Å². The van der Waals surface area contributed by atoms with Crippen molar-refractivity contribution >= 4 is 22.4 Å². The van der Waals surface area contributed by atoms with Crippen LogP contribution in [0.3, 0.4) is 0 Å². The first-order valence-electron chi connectivity index (χ1n) is 8.40. The van der Waals surface area contributed by atoms with E-state index in [1.54, 1.807) is 0 Å². The Bertz CT molecular complexity index is 782. The summed E-state index contributed by atoms with van der Waals surface area (Å²) in [5.41, 5.74) is 1.92. The van der Waals surface area contributed by atoms with Gasteiger partial charge in [-0.05, 0) is 18.1 Å². The Hall–Kier alpha value is -2.52. The molecule has 1 unspecified atom stereocenters. The second-order valence-electron chi connectivity index (χ2n) is 6.21. The topological polar surface area (TPSA) is 74.2 Å². The third-order valence-electron chi connectivity index (χ3n) is 4.61.